The van der Waals surface area contributed by atoms with Gasteiger partial charge in [-0.2, -0.15) is 4.98 Å². The molecule has 8 heavy (non-hydrogen) atoms. The number of rotatable bonds is 0. The molecule has 0 aliphatic rings. The van der Waals surface area contributed by atoms with Crippen LogP contribution in [0.15, 0.2) is 17.1 Å². The highest BCUT2D eigenvalue weighted by molar-refractivity contribution is 4.77. The minimum absolute atomic E-state index is 0.493. The summed E-state index contributed by atoms with van der Waals surface area (Å²) in [7, 11) is 0. The Morgan fingerprint density at radius 3 is 3.00 bits per heavy atom. The van der Waals surface area contributed by atoms with Crippen molar-refractivity contribution in [3.05, 3.63) is 28.9 Å². The lowest BCUT2D eigenvalue weighted by Crippen LogP contribution is -2.27. The van der Waals surface area contributed by atoms with E-state index < -0.39 is 5.69 Å². The van der Waals surface area contributed by atoms with E-state index in [9.17, 15) is 4.79 Å². The van der Waals surface area contributed by atoms with Crippen LogP contribution in [0.3, 0.4) is 0 Å². The van der Waals surface area contributed by atoms with Gasteiger partial charge >= 0.3 is 5.69 Å². The summed E-state index contributed by atoms with van der Waals surface area (Å²) in [6.07, 6.45) is 3.72. The van der Waals surface area contributed by atoms with Gasteiger partial charge in [0.1, 0.15) is 0 Å². The van der Waals surface area contributed by atoms with Gasteiger partial charge in [0.25, 0.3) is 0 Å². The highest BCUT2D eigenvalue weighted by atomic mass is 16.1. The van der Waals surface area contributed by atoms with Crippen molar-refractivity contribution in [2.45, 2.75) is 0 Å². The van der Waals surface area contributed by atoms with Crippen LogP contribution in [0.2, 0.25) is 0 Å². The van der Waals surface area contributed by atoms with E-state index in [4.69, 9.17) is 5.84 Å². The van der Waals surface area contributed by atoms with Gasteiger partial charge in [-0.1, -0.05) is 0 Å². The predicted octanol–water partition coefficient (Wildman–Crippen LogP) is -1.24. The first-order valence-corrected chi connectivity index (χ1v) is 2.01. The predicted molar refractivity (Wildman–Crippen MR) is 27.5 cm³/mol. The molecule has 1 radical (unpaired) electrons. The SMILES string of the molecule is Nn1cc[c]nc1=O. The first kappa shape index (κ1) is 4.83. The average Bonchev–Trinajstić information content (AvgIpc) is 1.77. The van der Waals surface area contributed by atoms with Gasteiger partial charge in [-0.05, 0) is 6.07 Å². The molecule has 4 nitrogen and oxygen atoms in total. The summed E-state index contributed by atoms with van der Waals surface area (Å²) < 4.78 is 0.885. The van der Waals surface area contributed by atoms with Crippen LogP contribution in [-0.4, -0.2) is 9.66 Å². The van der Waals surface area contributed by atoms with Gasteiger partial charge in [-0.3, -0.25) is 0 Å². The molecule has 0 atom stereocenters. The Labute approximate surface area is 45.6 Å². The van der Waals surface area contributed by atoms with E-state index >= 15 is 0 Å². The van der Waals surface area contributed by atoms with Crippen LogP contribution < -0.4 is 11.5 Å². The third kappa shape index (κ3) is 0.676. The van der Waals surface area contributed by atoms with E-state index in [1.54, 1.807) is 0 Å². The lowest BCUT2D eigenvalue weighted by atomic mass is 10.7. The Hall–Kier alpha value is -1.32. The first-order chi connectivity index (χ1) is 3.80. The zero-order chi connectivity index (χ0) is 5.98. The van der Waals surface area contributed by atoms with Gasteiger partial charge in [0.2, 0.25) is 0 Å². The van der Waals surface area contributed by atoms with Crippen molar-refractivity contribution in [3.63, 3.8) is 0 Å². The van der Waals surface area contributed by atoms with Gasteiger partial charge in [0.15, 0.2) is 0 Å². The van der Waals surface area contributed by atoms with E-state index in [-0.39, 0.29) is 0 Å². The fraction of sp³-hybridized carbons (Fsp3) is 0. The summed E-state index contributed by atoms with van der Waals surface area (Å²) in [5, 5.41) is 0. The molecule has 0 fully saturated rings. The monoisotopic (exact) mass is 110 g/mol. The Balaban J connectivity index is 3.35. The number of nitrogens with two attached hydrogens (primary N) is 1. The van der Waals surface area contributed by atoms with E-state index in [0.717, 1.165) is 4.68 Å². The normalized spacial score (nSPS) is 9.00. The molecular formula is C4H4N3O. The zero-order valence-corrected chi connectivity index (χ0v) is 4.03. The molecule has 0 bridgehead atoms. The van der Waals surface area contributed by atoms with E-state index in [1.165, 1.54) is 12.3 Å². The number of hydrogen-bond donors (Lipinski definition) is 1. The topological polar surface area (TPSA) is 60.9 Å². The van der Waals surface area contributed by atoms with Crippen LogP contribution in [-0.2, 0) is 0 Å². The summed E-state index contributed by atoms with van der Waals surface area (Å²) in [5.41, 5.74) is -0.493. The molecule has 0 unspecified atom stereocenters. The number of nitrogen functional groups attached to an aromatic ring is 1. The molecule has 1 heterocycles. The Kier molecular flexibility index (Phi) is 0.997. The maximum absolute atomic E-state index is 10.3. The van der Waals surface area contributed by atoms with Gasteiger partial charge in [-0.25, -0.2) is 9.47 Å². The molecule has 1 aromatic heterocycles. The van der Waals surface area contributed by atoms with E-state index in [0.29, 0.717) is 0 Å². The summed E-state index contributed by atoms with van der Waals surface area (Å²) in [6.45, 7) is 0. The molecule has 2 N–H and O–H groups in total. The third-order valence-corrected chi connectivity index (χ3v) is 0.691. The third-order valence-electron chi connectivity index (χ3n) is 0.691. The minimum atomic E-state index is -0.493. The molecule has 0 saturated heterocycles. The summed E-state index contributed by atoms with van der Waals surface area (Å²) in [4.78, 5) is 13.6. The molecule has 0 aromatic carbocycles. The highest BCUT2D eigenvalue weighted by Gasteiger charge is 1.82. The maximum Gasteiger partial charge on any atom is 0.366 e. The zero-order valence-electron chi connectivity index (χ0n) is 4.03. The molecular weight excluding hydrogens is 106 g/mol. The van der Waals surface area contributed by atoms with Crippen molar-refractivity contribution in [2.75, 3.05) is 5.84 Å². The standard InChI is InChI=1S/C4H4N3O/c5-7-3-1-2-6-4(7)8/h1,3H,5H2. The first-order valence-electron chi connectivity index (χ1n) is 2.01. The minimum Gasteiger partial charge on any atom is -0.335 e. The Morgan fingerprint density at radius 2 is 2.62 bits per heavy atom. The van der Waals surface area contributed by atoms with Crippen LogP contribution in [0.5, 0.6) is 0 Å². The largest absolute Gasteiger partial charge is 0.366 e. The Bertz CT molecular complexity index is 229. The van der Waals surface area contributed by atoms with Gasteiger partial charge in [-0.15, -0.1) is 0 Å². The van der Waals surface area contributed by atoms with Crippen molar-refractivity contribution >= 4 is 0 Å². The summed E-state index contributed by atoms with van der Waals surface area (Å²) in [6, 6.07) is 1.46. The van der Waals surface area contributed by atoms with Crippen molar-refractivity contribution in [1.82, 2.24) is 9.66 Å². The van der Waals surface area contributed by atoms with Gasteiger partial charge in [0, 0.05) is 6.20 Å². The van der Waals surface area contributed by atoms with Crippen LogP contribution in [0.1, 0.15) is 0 Å². The smallest absolute Gasteiger partial charge is 0.335 e. The van der Waals surface area contributed by atoms with Gasteiger partial charge in [0.05, 0.1) is 6.20 Å². The molecule has 1 rings (SSSR count). The maximum atomic E-state index is 10.3. The number of nitrogens with zero attached hydrogens (tertiary/aromatic N) is 2. The van der Waals surface area contributed by atoms with Crippen LogP contribution in [0.25, 0.3) is 0 Å². The van der Waals surface area contributed by atoms with Crippen molar-refractivity contribution < 1.29 is 0 Å². The second-order valence-corrected chi connectivity index (χ2v) is 1.25. The second kappa shape index (κ2) is 1.65. The van der Waals surface area contributed by atoms with Crippen LogP contribution >= 0.6 is 0 Å². The quantitative estimate of drug-likeness (QED) is 0.425. The molecule has 0 amide bonds. The molecule has 0 aliphatic carbocycles. The molecule has 1 aromatic rings. The fourth-order valence-corrected chi connectivity index (χ4v) is 0.328. The molecule has 0 aliphatic heterocycles. The number of hydrogen-bond acceptors (Lipinski definition) is 3. The summed E-state index contributed by atoms with van der Waals surface area (Å²) >= 11 is 0. The van der Waals surface area contributed by atoms with E-state index in [2.05, 4.69) is 11.2 Å². The average molecular weight is 110 g/mol. The van der Waals surface area contributed by atoms with E-state index in [1.807, 2.05) is 0 Å². The lowest BCUT2D eigenvalue weighted by molar-refractivity contribution is 0.868. The van der Waals surface area contributed by atoms with Crippen LogP contribution in [0, 0.1) is 6.20 Å². The fourth-order valence-electron chi connectivity index (χ4n) is 0.328. The molecule has 4 heteroatoms. The molecule has 0 saturated carbocycles. The van der Waals surface area contributed by atoms with Crippen molar-refractivity contribution in [3.8, 4) is 0 Å². The summed E-state index contributed by atoms with van der Waals surface area (Å²) in [5.74, 6) is 5.04. The van der Waals surface area contributed by atoms with Crippen LogP contribution in [0.4, 0.5) is 0 Å². The van der Waals surface area contributed by atoms with Crippen molar-refractivity contribution in [2.24, 2.45) is 0 Å². The molecule has 0 spiro atoms. The highest BCUT2D eigenvalue weighted by Crippen LogP contribution is 1.64. The van der Waals surface area contributed by atoms with Gasteiger partial charge < -0.3 is 5.84 Å². The molecule has 41 valence electrons. The lowest BCUT2D eigenvalue weighted by Gasteiger charge is -1.88. The van der Waals surface area contributed by atoms with Crippen molar-refractivity contribution in [1.29, 1.82) is 0 Å². The number of aromatic nitrogens is 2. The second-order valence-electron chi connectivity index (χ2n) is 1.25. The Morgan fingerprint density at radius 1 is 1.88 bits per heavy atom.